The zero-order chi connectivity index (χ0) is 34.0. The van der Waals surface area contributed by atoms with Crippen molar-refractivity contribution in [1.29, 1.82) is 0 Å². The van der Waals surface area contributed by atoms with Gasteiger partial charge in [-0.25, -0.2) is 9.59 Å². The molecule has 4 aromatic carbocycles. The fraction of sp³-hybridized carbons (Fsp3) is 0.350. The van der Waals surface area contributed by atoms with E-state index in [0.29, 0.717) is 13.2 Å². The summed E-state index contributed by atoms with van der Waals surface area (Å²) in [6.45, 7) is 9.08. The van der Waals surface area contributed by atoms with E-state index >= 15 is 0 Å². The van der Waals surface area contributed by atoms with Crippen molar-refractivity contribution in [3.05, 3.63) is 119 Å². The van der Waals surface area contributed by atoms with Crippen LogP contribution >= 0.6 is 11.6 Å². The molecule has 2 aliphatic rings. The molecular formula is C40H52ClN3O4. The van der Waals surface area contributed by atoms with Crippen LogP contribution in [-0.4, -0.2) is 44.4 Å². The van der Waals surface area contributed by atoms with Crippen molar-refractivity contribution in [3.63, 3.8) is 0 Å². The van der Waals surface area contributed by atoms with Gasteiger partial charge in [-0.1, -0.05) is 125 Å². The molecule has 2 aliphatic carbocycles. The molecule has 4 aromatic rings. The van der Waals surface area contributed by atoms with E-state index in [1.165, 1.54) is 44.5 Å². The van der Waals surface area contributed by atoms with Gasteiger partial charge in [0.1, 0.15) is 13.2 Å². The first-order valence-electron chi connectivity index (χ1n) is 16.4. The number of carbonyl (C=O) groups excluding carboxylic acids is 2. The summed E-state index contributed by atoms with van der Waals surface area (Å²) in [6.07, 6.45) is 2.77. The average Bonchev–Trinajstić information content (AvgIpc) is 3.61. The highest BCUT2D eigenvalue weighted by Crippen LogP contribution is 2.45. The molecule has 6 rings (SSSR count). The second kappa shape index (κ2) is 21.7. The predicted molar refractivity (Wildman–Crippen MR) is 200 cm³/mol. The highest BCUT2D eigenvalue weighted by molar-refractivity contribution is 6.61. The lowest BCUT2D eigenvalue weighted by molar-refractivity contribution is 0.143. The van der Waals surface area contributed by atoms with Crippen LogP contribution in [0.4, 0.5) is 9.59 Å². The highest BCUT2D eigenvalue weighted by Gasteiger charge is 2.30. The topological polar surface area (TPSA) is 117 Å². The Morgan fingerprint density at radius 2 is 0.917 bits per heavy atom. The number of hydrogen-bond donors (Lipinski definition) is 3. The third-order valence-corrected chi connectivity index (χ3v) is 7.88. The van der Waals surface area contributed by atoms with Gasteiger partial charge in [-0.3, -0.25) is 0 Å². The van der Waals surface area contributed by atoms with E-state index in [4.69, 9.17) is 32.5 Å². The molecule has 0 atom stereocenters. The molecule has 0 aliphatic heterocycles. The Kier molecular flexibility index (Phi) is 18.0. The van der Waals surface area contributed by atoms with Gasteiger partial charge in [-0.2, -0.15) is 0 Å². The maximum absolute atomic E-state index is 11.6. The Hall–Kier alpha value is -4.17. The average molecular weight is 674 g/mol. The highest BCUT2D eigenvalue weighted by atomic mass is 35.5. The van der Waals surface area contributed by atoms with Crippen LogP contribution < -0.4 is 16.8 Å². The molecule has 258 valence electrons. The third-order valence-electron chi connectivity index (χ3n) is 7.77. The zero-order valence-electron chi connectivity index (χ0n) is 27.7. The van der Waals surface area contributed by atoms with Crippen molar-refractivity contribution in [1.82, 2.24) is 5.32 Å². The molecule has 0 aromatic heterocycles. The number of benzene rings is 4. The van der Waals surface area contributed by atoms with E-state index < -0.39 is 5.43 Å². The number of rotatable bonds is 8. The maximum atomic E-state index is 11.6. The Labute approximate surface area is 292 Å². The van der Waals surface area contributed by atoms with E-state index in [0.717, 1.165) is 32.4 Å². The van der Waals surface area contributed by atoms with Crippen LogP contribution in [0.25, 0.3) is 22.3 Å². The van der Waals surface area contributed by atoms with Crippen molar-refractivity contribution in [3.8, 4) is 22.3 Å². The van der Waals surface area contributed by atoms with Crippen molar-refractivity contribution >= 4 is 23.1 Å². The van der Waals surface area contributed by atoms with Gasteiger partial charge < -0.3 is 26.3 Å². The predicted octanol–water partition coefficient (Wildman–Crippen LogP) is 9.46. The van der Waals surface area contributed by atoms with Crippen LogP contribution in [0, 0.1) is 0 Å². The van der Waals surface area contributed by atoms with Gasteiger partial charge in [0.05, 0.1) is 0 Å². The SMILES string of the molecule is C.CCCN.CCCN.CCCNC(=O)OCC1c2ccccc2-c2ccccc21.O=C(Cl)OCC1c2ccccc2-c2ccccc21. The van der Waals surface area contributed by atoms with Crippen LogP contribution in [0.15, 0.2) is 97.1 Å². The molecule has 7 nitrogen and oxygen atoms in total. The summed E-state index contributed by atoms with van der Waals surface area (Å²) in [6, 6.07) is 33.0. The van der Waals surface area contributed by atoms with Crippen molar-refractivity contribution in [2.45, 2.75) is 59.3 Å². The van der Waals surface area contributed by atoms with Crippen LogP contribution in [0.5, 0.6) is 0 Å². The molecule has 0 spiro atoms. The lowest BCUT2D eigenvalue weighted by Crippen LogP contribution is -2.26. The van der Waals surface area contributed by atoms with E-state index in [1.807, 2.05) is 55.5 Å². The van der Waals surface area contributed by atoms with Gasteiger partial charge in [-0.05, 0) is 76.9 Å². The molecule has 0 saturated heterocycles. The monoisotopic (exact) mass is 673 g/mol. The lowest BCUT2D eigenvalue weighted by atomic mass is 9.98. The number of halogens is 1. The smallest absolute Gasteiger partial charge is 0.407 e. The summed E-state index contributed by atoms with van der Waals surface area (Å²) >= 11 is 5.25. The molecular weight excluding hydrogens is 622 g/mol. The van der Waals surface area contributed by atoms with Crippen LogP contribution in [0.2, 0.25) is 0 Å². The quantitative estimate of drug-likeness (QED) is 0.160. The number of amides is 1. The van der Waals surface area contributed by atoms with Gasteiger partial charge in [0.2, 0.25) is 0 Å². The first kappa shape index (κ1) is 40.0. The molecule has 1 amide bonds. The van der Waals surface area contributed by atoms with Crippen LogP contribution in [0.3, 0.4) is 0 Å². The Morgan fingerprint density at radius 1 is 0.604 bits per heavy atom. The molecule has 0 fully saturated rings. The first-order valence-corrected chi connectivity index (χ1v) is 16.8. The number of carbonyl (C=O) groups is 2. The number of alkyl carbamates (subject to hydrolysis) is 1. The summed E-state index contributed by atoms with van der Waals surface area (Å²) < 4.78 is 10.4. The van der Waals surface area contributed by atoms with Gasteiger partial charge in [0, 0.05) is 30.0 Å². The third kappa shape index (κ3) is 10.9. The Morgan fingerprint density at radius 3 is 1.21 bits per heavy atom. The van der Waals surface area contributed by atoms with E-state index in [9.17, 15) is 9.59 Å². The normalized spacial score (nSPS) is 11.6. The first-order chi connectivity index (χ1) is 22.9. The second-order valence-corrected chi connectivity index (χ2v) is 11.4. The van der Waals surface area contributed by atoms with Crippen molar-refractivity contribution in [2.75, 3.05) is 32.8 Å². The van der Waals surface area contributed by atoms with Crippen molar-refractivity contribution < 1.29 is 19.1 Å². The molecule has 0 heterocycles. The van der Waals surface area contributed by atoms with Gasteiger partial charge >= 0.3 is 11.5 Å². The molecule has 5 N–H and O–H groups in total. The van der Waals surface area contributed by atoms with E-state index in [-0.39, 0.29) is 32.0 Å². The number of nitrogens with two attached hydrogens (primary N) is 2. The van der Waals surface area contributed by atoms with E-state index in [2.05, 4.69) is 67.7 Å². The van der Waals surface area contributed by atoms with Gasteiger partial charge in [-0.15, -0.1) is 0 Å². The summed E-state index contributed by atoms with van der Waals surface area (Å²) in [5, 5.41) is 2.74. The summed E-state index contributed by atoms with van der Waals surface area (Å²) in [5.74, 6) is 0.213. The maximum Gasteiger partial charge on any atom is 0.407 e. The zero-order valence-corrected chi connectivity index (χ0v) is 28.5. The van der Waals surface area contributed by atoms with E-state index in [1.54, 1.807) is 0 Å². The Bertz CT molecular complexity index is 1460. The largest absolute Gasteiger partial charge is 0.453 e. The summed E-state index contributed by atoms with van der Waals surface area (Å²) in [4.78, 5) is 22.4. The minimum absolute atomic E-state index is 0. The molecule has 0 unspecified atom stereocenters. The van der Waals surface area contributed by atoms with Crippen LogP contribution in [-0.2, 0) is 9.47 Å². The summed E-state index contributed by atoms with van der Waals surface area (Å²) in [5.41, 5.74) is 19.1. The van der Waals surface area contributed by atoms with Gasteiger partial charge in [0.25, 0.3) is 0 Å². The fourth-order valence-corrected chi connectivity index (χ4v) is 5.53. The molecule has 0 radical (unpaired) electrons. The fourth-order valence-electron chi connectivity index (χ4n) is 5.46. The lowest BCUT2D eigenvalue weighted by Gasteiger charge is -2.14. The summed E-state index contributed by atoms with van der Waals surface area (Å²) in [7, 11) is 0. The molecule has 0 saturated carbocycles. The standard InChI is InChI=1S/C18H19NO2.C15H11ClO2.2C3H9N.CH4/c1-2-11-19-18(20)21-12-17-15-9-5-3-7-13(15)14-8-4-6-10-16(14)17;16-15(17)18-9-14-12-7-3-1-5-10(12)11-6-2-4-8-13(11)14;2*1-2-3-4;/h3-10,17H,2,11-12H2,1H3,(H,19,20);1-8,14H,9H2;2*2-4H2,1H3;1H4. The molecule has 0 bridgehead atoms. The minimum Gasteiger partial charge on any atom is -0.453 e. The Balaban J connectivity index is 0.000000270. The van der Waals surface area contributed by atoms with Gasteiger partial charge in [0.15, 0.2) is 0 Å². The number of fused-ring (bicyclic) bond motifs is 6. The molecule has 48 heavy (non-hydrogen) atoms. The number of nitrogens with one attached hydrogen (secondary N) is 1. The van der Waals surface area contributed by atoms with Crippen molar-refractivity contribution in [2.24, 2.45) is 11.5 Å². The molecule has 8 heteroatoms. The number of hydrogen-bond acceptors (Lipinski definition) is 6. The number of ether oxygens (including phenoxy) is 2. The second-order valence-electron chi connectivity index (χ2n) is 11.1. The van der Waals surface area contributed by atoms with Crippen LogP contribution in [0.1, 0.15) is 81.5 Å². The minimum atomic E-state index is -0.753.